The summed E-state index contributed by atoms with van der Waals surface area (Å²) in [5.74, 6) is 0.570. The van der Waals surface area contributed by atoms with Crippen molar-refractivity contribution in [2.24, 2.45) is 7.05 Å². The van der Waals surface area contributed by atoms with Crippen LogP contribution in [-0.4, -0.2) is 49.7 Å². The molecular formula is C25H25N7O2. The second-order valence-electron chi connectivity index (χ2n) is 8.83. The van der Waals surface area contributed by atoms with Gasteiger partial charge in [0.25, 0.3) is 5.91 Å². The van der Waals surface area contributed by atoms with E-state index in [1.807, 2.05) is 48.1 Å². The minimum atomic E-state index is -0.206. The van der Waals surface area contributed by atoms with Crippen molar-refractivity contribution >= 4 is 34.3 Å². The molecule has 3 aromatic heterocycles. The molecule has 0 saturated carbocycles. The van der Waals surface area contributed by atoms with Crippen LogP contribution in [0.5, 0.6) is 0 Å². The lowest BCUT2D eigenvalue weighted by atomic mass is 9.95. The Hall–Kier alpha value is -3.98. The third-order valence-corrected chi connectivity index (χ3v) is 6.70. The van der Waals surface area contributed by atoms with Crippen molar-refractivity contribution in [1.82, 2.24) is 24.8 Å². The van der Waals surface area contributed by atoms with Gasteiger partial charge in [-0.1, -0.05) is 6.07 Å². The number of imidazole rings is 1. The van der Waals surface area contributed by atoms with Gasteiger partial charge in [-0.05, 0) is 48.2 Å². The first-order chi connectivity index (χ1) is 16.6. The number of aryl methyl sites for hydroxylation is 1. The van der Waals surface area contributed by atoms with Crippen LogP contribution in [0.3, 0.4) is 0 Å². The number of carbonyl (C=O) groups is 1. The van der Waals surface area contributed by atoms with Gasteiger partial charge in [0.15, 0.2) is 5.65 Å². The zero-order chi connectivity index (χ0) is 23.2. The highest BCUT2D eigenvalue weighted by Crippen LogP contribution is 2.37. The largest absolute Gasteiger partial charge is 0.393 e. The topological polar surface area (TPSA) is 108 Å². The van der Waals surface area contributed by atoms with E-state index in [1.165, 1.54) is 0 Å². The molecule has 5 heterocycles. The number of hydrogen-bond acceptors (Lipinski definition) is 7. The van der Waals surface area contributed by atoms with Gasteiger partial charge >= 0.3 is 0 Å². The van der Waals surface area contributed by atoms with Crippen molar-refractivity contribution in [3.05, 3.63) is 60.2 Å². The molecule has 0 unspecified atom stereocenters. The average molecular weight is 456 g/mol. The predicted molar refractivity (Wildman–Crippen MR) is 130 cm³/mol. The Bertz CT molecular complexity index is 1390. The molecule has 1 aromatic carbocycles. The standard InChI is InChI=1S/C25H25N7O2/c1-31-14-29-23-18(6-9-26-24(23)31)17-3-4-20(22-19(17)13-28-25(22)34)30-21-5-2-15(12-27-21)32-10-7-16(33)8-11-32/h2-6,9,12,14,16,33H,7-8,10-11,13H2,1H3,(H,27,30)(H,28,34). The number of aromatic nitrogens is 4. The fourth-order valence-corrected chi connectivity index (χ4v) is 4.86. The van der Waals surface area contributed by atoms with Gasteiger partial charge in [-0.15, -0.1) is 0 Å². The van der Waals surface area contributed by atoms with Crippen molar-refractivity contribution in [1.29, 1.82) is 0 Å². The number of nitrogens with one attached hydrogen (secondary N) is 2. The third kappa shape index (κ3) is 3.45. The molecule has 0 spiro atoms. The minimum Gasteiger partial charge on any atom is -0.393 e. The molecule has 1 fully saturated rings. The summed E-state index contributed by atoms with van der Waals surface area (Å²) in [6.45, 7) is 2.11. The van der Waals surface area contributed by atoms with Crippen LogP contribution in [0.4, 0.5) is 17.2 Å². The van der Waals surface area contributed by atoms with Crippen molar-refractivity contribution in [2.45, 2.75) is 25.5 Å². The molecular weight excluding hydrogens is 430 g/mol. The maximum absolute atomic E-state index is 12.8. The smallest absolute Gasteiger partial charge is 0.254 e. The molecule has 34 heavy (non-hydrogen) atoms. The molecule has 0 atom stereocenters. The summed E-state index contributed by atoms with van der Waals surface area (Å²) in [4.78, 5) is 28.6. The lowest BCUT2D eigenvalue weighted by molar-refractivity contribution is 0.0966. The number of piperidine rings is 1. The van der Waals surface area contributed by atoms with Crippen LogP contribution in [-0.2, 0) is 13.6 Å². The van der Waals surface area contributed by atoms with E-state index in [9.17, 15) is 9.90 Å². The van der Waals surface area contributed by atoms with Crippen LogP contribution in [0.25, 0.3) is 22.3 Å². The summed E-state index contributed by atoms with van der Waals surface area (Å²) in [5.41, 5.74) is 6.88. The lowest BCUT2D eigenvalue weighted by Gasteiger charge is -2.31. The Morgan fingerprint density at radius 3 is 2.71 bits per heavy atom. The first kappa shape index (κ1) is 20.6. The Kier molecular flexibility index (Phi) is 4.91. The first-order valence-electron chi connectivity index (χ1n) is 11.4. The van der Waals surface area contributed by atoms with Gasteiger partial charge in [-0.2, -0.15) is 0 Å². The number of amides is 1. The van der Waals surface area contributed by atoms with E-state index in [4.69, 9.17) is 0 Å². The lowest BCUT2D eigenvalue weighted by Crippen LogP contribution is -2.35. The number of fused-ring (bicyclic) bond motifs is 2. The van der Waals surface area contributed by atoms with Crippen LogP contribution >= 0.6 is 0 Å². The maximum atomic E-state index is 12.8. The zero-order valence-corrected chi connectivity index (χ0v) is 18.8. The zero-order valence-electron chi connectivity index (χ0n) is 18.8. The number of hydrogen-bond donors (Lipinski definition) is 3. The van der Waals surface area contributed by atoms with E-state index in [2.05, 4.69) is 30.5 Å². The molecule has 4 aromatic rings. The number of carbonyl (C=O) groups excluding carboxylic acids is 1. The van der Waals surface area contributed by atoms with Crippen molar-refractivity contribution in [2.75, 3.05) is 23.3 Å². The van der Waals surface area contributed by atoms with Gasteiger partial charge in [0.2, 0.25) is 0 Å². The molecule has 172 valence electrons. The Balaban J connectivity index is 1.32. The van der Waals surface area contributed by atoms with Crippen molar-refractivity contribution in [3.8, 4) is 11.1 Å². The molecule has 9 nitrogen and oxygen atoms in total. The fourth-order valence-electron chi connectivity index (χ4n) is 4.86. The Morgan fingerprint density at radius 1 is 1.06 bits per heavy atom. The van der Waals surface area contributed by atoms with E-state index in [0.717, 1.165) is 65.2 Å². The molecule has 0 radical (unpaired) electrons. The van der Waals surface area contributed by atoms with Crippen LogP contribution < -0.4 is 15.5 Å². The van der Waals surface area contributed by atoms with Crippen LogP contribution in [0.2, 0.25) is 0 Å². The molecule has 9 heteroatoms. The molecule has 0 aliphatic carbocycles. The number of rotatable bonds is 4. The number of aliphatic hydroxyl groups excluding tert-OH is 1. The van der Waals surface area contributed by atoms with Crippen LogP contribution in [0.1, 0.15) is 28.8 Å². The van der Waals surface area contributed by atoms with Gasteiger partial charge in [-0.3, -0.25) is 4.79 Å². The quantitative estimate of drug-likeness (QED) is 0.434. The average Bonchev–Trinajstić information content (AvgIpc) is 3.44. The first-order valence-corrected chi connectivity index (χ1v) is 11.4. The van der Waals surface area contributed by atoms with Crippen LogP contribution in [0.15, 0.2) is 49.1 Å². The molecule has 3 N–H and O–H groups in total. The Morgan fingerprint density at radius 2 is 1.91 bits per heavy atom. The van der Waals surface area contributed by atoms with E-state index in [0.29, 0.717) is 17.9 Å². The van der Waals surface area contributed by atoms with Crippen LogP contribution in [0, 0.1) is 0 Å². The summed E-state index contributed by atoms with van der Waals surface area (Å²) >= 11 is 0. The van der Waals surface area contributed by atoms with E-state index in [1.54, 1.807) is 12.5 Å². The van der Waals surface area contributed by atoms with E-state index < -0.39 is 0 Å². The molecule has 1 saturated heterocycles. The van der Waals surface area contributed by atoms with Gasteiger partial charge < -0.3 is 25.2 Å². The van der Waals surface area contributed by atoms with E-state index >= 15 is 0 Å². The highest BCUT2D eigenvalue weighted by atomic mass is 16.3. The molecule has 2 aliphatic rings. The predicted octanol–water partition coefficient (Wildman–Crippen LogP) is 2.98. The Labute approximate surface area is 196 Å². The van der Waals surface area contributed by atoms with Gasteiger partial charge in [0.05, 0.1) is 35.6 Å². The maximum Gasteiger partial charge on any atom is 0.254 e. The second kappa shape index (κ2) is 8.11. The summed E-state index contributed by atoms with van der Waals surface area (Å²) in [6, 6.07) is 9.85. The molecule has 2 aliphatic heterocycles. The SMILES string of the molecule is Cn1cnc2c(-c3ccc(Nc4ccc(N5CCC(O)CC5)cn4)c4c3CNC4=O)ccnc21. The second-order valence-corrected chi connectivity index (χ2v) is 8.83. The number of benzene rings is 1. The summed E-state index contributed by atoms with van der Waals surface area (Å²) in [6.07, 6.45) is 6.70. The summed E-state index contributed by atoms with van der Waals surface area (Å²) in [5, 5.41) is 16.0. The van der Waals surface area contributed by atoms with Gasteiger partial charge in [0.1, 0.15) is 11.3 Å². The number of aliphatic hydroxyl groups is 1. The highest BCUT2D eigenvalue weighted by molar-refractivity contribution is 6.07. The minimum absolute atomic E-state index is 0.103. The molecule has 6 rings (SSSR count). The summed E-state index contributed by atoms with van der Waals surface area (Å²) in [7, 11) is 1.92. The normalized spacial score (nSPS) is 16.1. The highest BCUT2D eigenvalue weighted by Gasteiger charge is 2.27. The third-order valence-electron chi connectivity index (χ3n) is 6.70. The molecule has 0 bridgehead atoms. The monoisotopic (exact) mass is 455 g/mol. The number of nitrogens with zero attached hydrogens (tertiary/aromatic N) is 5. The number of pyridine rings is 2. The van der Waals surface area contributed by atoms with Crippen molar-refractivity contribution < 1.29 is 9.90 Å². The summed E-state index contributed by atoms with van der Waals surface area (Å²) < 4.78 is 1.89. The van der Waals surface area contributed by atoms with E-state index in [-0.39, 0.29) is 12.0 Å². The molecule has 1 amide bonds. The fraction of sp³-hybridized carbons (Fsp3) is 0.280. The van der Waals surface area contributed by atoms with Crippen molar-refractivity contribution in [3.63, 3.8) is 0 Å². The van der Waals surface area contributed by atoms with Gasteiger partial charge in [-0.25, -0.2) is 15.0 Å². The van der Waals surface area contributed by atoms with Gasteiger partial charge in [0, 0.05) is 38.4 Å². The number of anilines is 3.